The molecule has 1 aliphatic rings. The molecule has 2 aromatic rings. The van der Waals surface area contributed by atoms with E-state index in [2.05, 4.69) is 4.98 Å². The van der Waals surface area contributed by atoms with E-state index >= 15 is 0 Å². The number of rotatable bonds is 2. The molecule has 1 aromatic heterocycles. The van der Waals surface area contributed by atoms with Gasteiger partial charge in [0.05, 0.1) is 6.61 Å². The summed E-state index contributed by atoms with van der Waals surface area (Å²) in [6.07, 6.45) is 1.65. The highest BCUT2D eigenvalue weighted by Crippen LogP contribution is 2.53. The minimum atomic E-state index is -3.65. The Kier molecular flexibility index (Phi) is 3.01. The Morgan fingerprint density at radius 1 is 1.32 bits per heavy atom. The summed E-state index contributed by atoms with van der Waals surface area (Å²) in [5.41, 5.74) is 1.76. The van der Waals surface area contributed by atoms with Gasteiger partial charge < -0.3 is 9.05 Å². The minimum absolute atomic E-state index is 0.161. The van der Waals surface area contributed by atoms with Crippen molar-refractivity contribution >= 4 is 7.82 Å². The van der Waals surface area contributed by atoms with Gasteiger partial charge in [-0.05, 0) is 30.7 Å². The molecule has 98 valence electrons. The van der Waals surface area contributed by atoms with Crippen LogP contribution >= 0.6 is 7.82 Å². The number of aromatic nitrogens is 1. The van der Waals surface area contributed by atoms with Crippen LogP contribution in [-0.4, -0.2) is 4.98 Å². The van der Waals surface area contributed by atoms with Crippen molar-refractivity contribution in [2.24, 2.45) is 0 Å². The predicted molar refractivity (Wildman–Crippen MR) is 69.1 cm³/mol. The summed E-state index contributed by atoms with van der Waals surface area (Å²) in [5.74, 6) is 0.734. The van der Waals surface area contributed by atoms with Gasteiger partial charge in [0.25, 0.3) is 0 Å². The molecule has 0 aliphatic carbocycles. The maximum absolute atomic E-state index is 12.3. The third kappa shape index (κ3) is 2.62. The molecule has 0 amide bonds. The van der Waals surface area contributed by atoms with Gasteiger partial charge in [0.1, 0.15) is 5.75 Å². The molecule has 0 saturated carbocycles. The highest BCUT2D eigenvalue weighted by Gasteiger charge is 2.36. The fourth-order valence-electron chi connectivity index (χ4n) is 1.74. The lowest BCUT2D eigenvalue weighted by Gasteiger charge is -2.24. The monoisotopic (exact) mass is 277 g/mol. The van der Waals surface area contributed by atoms with Crippen LogP contribution in [0.2, 0.25) is 0 Å². The van der Waals surface area contributed by atoms with Gasteiger partial charge in [0, 0.05) is 11.8 Å². The molecule has 0 N–H and O–H groups in total. The Balaban J connectivity index is 1.84. The summed E-state index contributed by atoms with van der Waals surface area (Å²) in [6.45, 7) is 2.08. The van der Waals surface area contributed by atoms with Gasteiger partial charge in [-0.2, -0.15) is 0 Å². The second-order valence-electron chi connectivity index (χ2n) is 4.19. The smallest absolute Gasteiger partial charge is 0.395 e. The van der Waals surface area contributed by atoms with Crippen molar-refractivity contribution in [3.8, 4) is 11.6 Å². The lowest BCUT2D eigenvalue weighted by Crippen LogP contribution is -2.12. The molecule has 5 nitrogen and oxygen atoms in total. The zero-order valence-electron chi connectivity index (χ0n) is 10.3. The van der Waals surface area contributed by atoms with Gasteiger partial charge >= 0.3 is 7.82 Å². The molecular weight excluding hydrogens is 265 g/mol. The molecule has 3 rings (SSSR count). The maximum Gasteiger partial charge on any atom is 0.589 e. The summed E-state index contributed by atoms with van der Waals surface area (Å²) in [6, 6.07) is 10.6. The van der Waals surface area contributed by atoms with Crippen molar-refractivity contribution < 1.29 is 18.1 Å². The number of fused-ring (bicyclic) bond motifs is 1. The van der Waals surface area contributed by atoms with E-state index < -0.39 is 7.82 Å². The van der Waals surface area contributed by atoms with Crippen molar-refractivity contribution in [2.45, 2.75) is 13.5 Å². The largest absolute Gasteiger partial charge is 0.589 e. The van der Waals surface area contributed by atoms with Gasteiger partial charge in [-0.15, -0.1) is 0 Å². The van der Waals surface area contributed by atoms with E-state index in [4.69, 9.17) is 13.6 Å². The van der Waals surface area contributed by atoms with Crippen LogP contribution in [-0.2, 0) is 15.7 Å². The van der Waals surface area contributed by atoms with Gasteiger partial charge in [-0.1, -0.05) is 18.2 Å². The second kappa shape index (κ2) is 4.68. The number of aryl methyl sites for hydroxylation is 1. The quantitative estimate of drug-likeness (QED) is 0.786. The first kappa shape index (κ1) is 12.2. The van der Waals surface area contributed by atoms with Crippen molar-refractivity contribution in [3.63, 3.8) is 0 Å². The second-order valence-corrected chi connectivity index (χ2v) is 5.71. The number of phosphoric ester groups is 1. The summed E-state index contributed by atoms with van der Waals surface area (Å²) >= 11 is 0. The fraction of sp³-hybridized carbons (Fsp3) is 0.154. The average molecular weight is 277 g/mol. The molecule has 0 saturated heterocycles. The van der Waals surface area contributed by atoms with E-state index in [9.17, 15) is 4.57 Å². The van der Waals surface area contributed by atoms with E-state index in [0.717, 1.165) is 11.1 Å². The lowest BCUT2D eigenvalue weighted by atomic mass is 10.2. The van der Waals surface area contributed by atoms with E-state index in [-0.39, 0.29) is 6.61 Å². The third-order valence-corrected chi connectivity index (χ3v) is 3.88. The number of phosphoric acid groups is 1. The standard InChI is InChI=1S/C13H12NO4P/c1-10-7-11-9-16-19(15,18-13(11)14-8-10)17-12-5-3-2-4-6-12/h2-8H,9H2,1H3. The zero-order valence-corrected chi connectivity index (χ0v) is 11.2. The predicted octanol–water partition coefficient (Wildman–Crippen LogP) is 3.49. The van der Waals surface area contributed by atoms with Crippen molar-refractivity contribution in [3.05, 3.63) is 53.7 Å². The molecule has 19 heavy (non-hydrogen) atoms. The highest BCUT2D eigenvalue weighted by atomic mass is 31.2. The van der Waals surface area contributed by atoms with E-state index in [1.807, 2.05) is 19.1 Å². The molecule has 0 spiro atoms. The lowest BCUT2D eigenvalue weighted by molar-refractivity contribution is 0.178. The molecule has 0 fully saturated rings. The SMILES string of the molecule is Cc1cnc2c(c1)COP(=O)(Oc1ccccc1)O2. The number of para-hydroxylation sites is 1. The number of hydrogen-bond acceptors (Lipinski definition) is 5. The van der Waals surface area contributed by atoms with Crippen LogP contribution < -0.4 is 9.05 Å². The number of hydrogen-bond donors (Lipinski definition) is 0. The number of benzene rings is 1. The molecule has 0 bridgehead atoms. The maximum atomic E-state index is 12.3. The van der Waals surface area contributed by atoms with E-state index in [0.29, 0.717) is 11.6 Å². The first-order valence-electron chi connectivity index (χ1n) is 5.79. The topological polar surface area (TPSA) is 57.7 Å². The Morgan fingerprint density at radius 3 is 2.89 bits per heavy atom. The van der Waals surface area contributed by atoms with Gasteiger partial charge in [-0.3, -0.25) is 4.52 Å². The molecular formula is C13H12NO4P. The summed E-state index contributed by atoms with van der Waals surface area (Å²) < 4.78 is 28.1. The van der Waals surface area contributed by atoms with Crippen LogP contribution in [0.15, 0.2) is 42.6 Å². The van der Waals surface area contributed by atoms with Gasteiger partial charge in [0.2, 0.25) is 5.88 Å². The van der Waals surface area contributed by atoms with Crippen LogP contribution in [0.1, 0.15) is 11.1 Å². The summed E-state index contributed by atoms with van der Waals surface area (Å²) in [5, 5.41) is 0. The Labute approximate surface area is 110 Å². The normalized spacial score (nSPS) is 21.3. The first-order valence-corrected chi connectivity index (χ1v) is 7.25. The first-order chi connectivity index (χ1) is 9.15. The Hall–Kier alpha value is -1.84. The number of pyridine rings is 1. The zero-order chi connectivity index (χ0) is 13.3. The molecule has 1 atom stereocenters. The van der Waals surface area contributed by atoms with Crippen molar-refractivity contribution in [1.29, 1.82) is 0 Å². The minimum Gasteiger partial charge on any atom is -0.395 e. The third-order valence-electron chi connectivity index (χ3n) is 2.60. The van der Waals surface area contributed by atoms with Crippen molar-refractivity contribution in [1.82, 2.24) is 4.98 Å². The van der Waals surface area contributed by atoms with Crippen LogP contribution in [0.4, 0.5) is 0 Å². The van der Waals surface area contributed by atoms with Crippen LogP contribution in [0.3, 0.4) is 0 Å². The fourth-order valence-corrected chi connectivity index (χ4v) is 2.94. The number of nitrogens with zero attached hydrogens (tertiary/aromatic N) is 1. The van der Waals surface area contributed by atoms with E-state index in [1.54, 1.807) is 30.5 Å². The molecule has 1 aromatic carbocycles. The van der Waals surface area contributed by atoms with E-state index in [1.165, 1.54) is 0 Å². The Bertz CT molecular complexity index is 644. The van der Waals surface area contributed by atoms with Crippen molar-refractivity contribution in [2.75, 3.05) is 0 Å². The van der Waals surface area contributed by atoms with Crippen LogP contribution in [0.25, 0.3) is 0 Å². The highest BCUT2D eigenvalue weighted by molar-refractivity contribution is 7.49. The summed E-state index contributed by atoms with van der Waals surface area (Å²) in [7, 11) is -3.65. The molecule has 1 unspecified atom stereocenters. The molecule has 6 heteroatoms. The van der Waals surface area contributed by atoms with Crippen LogP contribution in [0.5, 0.6) is 11.6 Å². The van der Waals surface area contributed by atoms with Crippen LogP contribution in [0, 0.1) is 6.92 Å². The Morgan fingerprint density at radius 2 is 2.11 bits per heavy atom. The van der Waals surface area contributed by atoms with Gasteiger partial charge in [-0.25, -0.2) is 9.55 Å². The average Bonchev–Trinajstić information content (AvgIpc) is 2.40. The summed E-state index contributed by atoms with van der Waals surface area (Å²) in [4.78, 5) is 4.10. The van der Waals surface area contributed by atoms with Gasteiger partial charge in [0.15, 0.2) is 0 Å². The molecule has 1 aliphatic heterocycles. The molecule has 2 heterocycles. The molecule has 0 radical (unpaired) electrons.